The number of fused-ring (bicyclic) bond motifs is 1. The first-order chi connectivity index (χ1) is 13.8. The molecule has 1 amide bonds. The Bertz CT molecular complexity index is 926. The van der Waals surface area contributed by atoms with Gasteiger partial charge in [0.1, 0.15) is 11.8 Å². The third-order valence-electron chi connectivity index (χ3n) is 4.68. The first-order valence-electron chi connectivity index (χ1n) is 9.49. The topological polar surface area (TPSA) is 41.6 Å². The summed E-state index contributed by atoms with van der Waals surface area (Å²) in [7, 11) is 0. The molecule has 0 bridgehead atoms. The van der Waals surface area contributed by atoms with E-state index >= 15 is 0 Å². The largest absolute Gasteiger partial charge is 0.444 e. The highest BCUT2D eigenvalue weighted by Crippen LogP contribution is 2.40. The number of carbonyl (C=O) groups excluding carboxylic acids is 1. The number of nitrogens with zero attached hydrogens (tertiary/aromatic N) is 1. The van der Waals surface area contributed by atoms with Crippen molar-refractivity contribution in [2.45, 2.75) is 57.6 Å². The normalized spacial score (nSPS) is 20.5. The van der Waals surface area contributed by atoms with Gasteiger partial charge in [0.2, 0.25) is 0 Å². The number of likely N-dealkylation sites (tertiary alicyclic amines) is 1. The average Bonchev–Trinajstić information content (AvgIpc) is 2.90. The van der Waals surface area contributed by atoms with Crippen LogP contribution in [0.4, 0.5) is 28.0 Å². The van der Waals surface area contributed by atoms with Crippen molar-refractivity contribution < 1.29 is 27.1 Å². The fourth-order valence-corrected chi connectivity index (χ4v) is 5.54. The van der Waals surface area contributed by atoms with Crippen molar-refractivity contribution >= 4 is 55.8 Å². The van der Waals surface area contributed by atoms with E-state index in [0.29, 0.717) is 31.6 Å². The van der Waals surface area contributed by atoms with Crippen molar-refractivity contribution in [3.05, 3.63) is 26.6 Å². The summed E-state index contributed by atoms with van der Waals surface area (Å²) < 4.78 is 60.2. The number of anilines is 1. The third-order valence-corrected chi connectivity index (χ3v) is 7.06. The lowest BCUT2D eigenvalue weighted by molar-refractivity contribution is -0.127. The van der Waals surface area contributed by atoms with Crippen LogP contribution in [0.1, 0.15) is 32.8 Å². The maximum Gasteiger partial charge on any atom is 0.410 e. The number of hydrogen-bond donors (Lipinski definition) is 1. The van der Waals surface area contributed by atoms with Gasteiger partial charge in [0.05, 0.1) is 32.3 Å². The summed E-state index contributed by atoms with van der Waals surface area (Å²) in [6, 6.07) is 4.55. The van der Waals surface area contributed by atoms with E-state index in [1.807, 2.05) is 22.6 Å². The zero-order valence-electron chi connectivity index (χ0n) is 16.8. The molecule has 2 heterocycles. The molecule has 1 aliphatic rings. The number of nitrogens with one attached hydrogen (secondary N) is 1. The molecule has 2 atom stereocenters. The number of alkyl halides is 4. The maximum absolute atomic E-state index is 14.8. The molecule has 3 rings (SSSR count). The second-order valence-corrected chi connectivity index (χ2v) is 11.1. The first-order valence-corrected chi connectivity index (χ1v) is 11.4. The summed E-state index contributed by atoms with van der Waals surface area (Å²) in [6.45, 7) is 5.50. The zero-order valence-corrected chi connectivity index (χ0v) is 19.8. The summed E-state index contributed by atoms with van der Waals surface area (Å²) in [5.41, 5.74) is 0.212. The Balaban J connectivity index is 1.74. The van der Waals surface area contributed by atoms with Gasteiger partial charge in [-0.25, -0.2) is 9.18 Å². The Morgan fingerprint density at radius 3 is 2.63 bits per heavy atom. The van der Waals surface area contributed by atoms with Crippen LogP contribution in [-0.4, -0.2) is 48.1 Å². The van der Waals surface area contributed by atoms with Gasteiger partial charge in [-0.05, 0) is 66.8 Å². The Morgan fingerprint density at radius 1 is 1.33 bits per heavy atom. The SMILES string of the molecule is CC(C)(C)OC(=O)N1CC[C@H](Nc2cccc3c(CC(F)(F)F)c(I)sc23)[C@H](F)C1. The molecule has 0 radical (unpaired) electrons. The molecule has 10 heteroatoms. The van der Waals surface area contributed by atoms with Gasteiger partial charge in [0.15, 0.2) is 0 Å². The van der Waals surface area contributed by atoms with Crippen molar-refractivity contribution in [1.29, 1.82) is 0 Å². The molecule has 4 nitrogen and oxygen atoms in total. The van der Waals surface area contributed by atoms with E-state index in [9.17, 15) is 22.4 Å². The molecule has 1 aliphatic heterocycles. The molecule has 1 saturated heterocycles. The van der Waals surface area contributed by atoms with Gasteiger partial charge >= 0.3 is 12.3 Å². The van der Waals surface area contributed by atoms with E-state index in [1.165, 1.54) is 16.2 Å². The Kier molecular flexibility index (Phi) is 6.76. The van der Waals surface area contributed by atoms with Crippen LogP contribution >= 0.6 is 33.9 Å². The van der Waals surface area contributed by atoms with Crippen LogP contribution in [0.3, 0.4) is 0 Å². The Hall–Kier alpha value is -1.30. The van der Waals surface area contributed by atoms with Gasteiger partial charge in [-0.15, -0.1) is 11.3 Å². The summed E-state index contributed by atoms with van der Waals surface area (Å²) >= 11 is 3.19. The van der Waals surface area contributed by atoms with Crippen molar-refractivity contribution in [3.8, 4) is 0 Å². The molecular formula is C20H23F4IN2O2S. The monoisotopic (exact) mass is 558 g/mol. The minimum Gasteiger partial charge on any atom is -0.444 e. The fraction of sp³-hybridized carbons (Fsp3) is 0.550. The molecule has 1 N–H and O–H groups in total. The Labute approximate surface area is 190 Å². The smallest absolute Gasteiger partial charge is 0.410 e. The number of benzene rings is 1. The summed E-state index contributed by atoms with van der Waals surface area (Å²) in [5.74, 6) is 0. The summed E-state index contributed by atoms with van der Waals surface area (Å²) in [4.78, 5) is 13.5. The molecule has 0 saturated carbocycles. The fourth-order valence-electron chi connectivity index (χ4n) is 3.38. The van der Waals surface area contributed by atoms with Gasteiger partial charge < -0.3 is 15.0 Å². The van der Waals surface area contributed by atoms with Crippen molar-refractivity contribution in [1.82, 2.24) is 4.90 Å². The van der Waals surface area contributed by atoms with Gasteiger partial charge in [-0.2, -0.15) is 13.2 Å². The van der Waals surface area contributed by atoms with Crippen molar-refractivity contribution in [2.24, 2.45) is 0 Å². The van der Waals surface area contributed by atoms with E-state index in [0.717, 1.165) is 0 Å². The lowest BCUT2D eigenvalue weighted by Crippen LogP contribution is -2.51. The van der Waals surface area contributed by atoms with Crippen LogP contribution in [-0.2, 0) is 11.2 Å². The number of amides is 1. The molecule has 166 valence electrons. The summed E-state index contributed by atoms with van der Waals surface area (Å²) in [6.07, 6.45) is -6.79. The van der Waals surface area contributed by atoms with Crippen LogP contribution in [0.2, 0.25) is 0 Å². The number of piperidine rings is 1. The van der Waals surface area contributed by atoms with Gasteiger partial charge in [0.25, 0.3) is 0 Å². The highest BCUT2D eigenvalue weighted by atomic mass is 127. The molecule has 2 aromatic rings. The molecule has 0 spiro atoms. The number of ether oxygens (including phenoxy) is 1. The maximum atomic E-state index is 14.8. The number of halogens is 5. The molecule has 0 unspecified atom stereocenters. The predicted octanol–water partition coefficient (Wildman–Crippen LogP) is 6.37. The third kappa shape index (κ3) is 5.68. The van der Waals surface area contributed by atoms with E-state index in [4.69, 9.17) is 4.74 Å². The lowest BCUT2D eigenvalue weighted by Gasteiger charge is -2.36. The van der Waals surface area contributed by atoms with Crippen LogP contribution in [0.15, 0.2) is 18.2 Å². The molecule has 0 aliphatic carbocycles. The molecule has 1 aromatic heterocycles. The quantitative estimate of drug-likeness (QED) is 0.352. The van der Waals surface area contributed by atoms with E-state index in [-0.39, 0.29) is 12.1 Å². The minimum atomic E-state index is -4.30. The van der Waals surface area contributed by atoms with E-state index < -0.39 is 36.5 Å². The van der Waals surface area contributed by atoms with Crippen LogP contribution in [0.5, 0.6) is 0 Å². The van der Waals surface area contributed by atoms with Crippen LogP contribution in [0, 0.1) is 2.88 Å². The van der Waals surface area contributed by atoms with Crippen molar-refractivity contribution in [2.75, 3.05) is 18.4 Å². The summed E-state index contributed by atoms with van der Waals surface area (Å²) in [5, 5.41) is 3.69. The number of hydrogen-bond acceptors (Lipinski definition) is 4. The highest BCUT2D eigenvalue weighted by molar-refractivity contribution is 14.1. The van der Waals surface area contributed by atoms with Crippen molar-refractivity contribution in [3.63, 3.8) is 0 Å². The molecular weight excluding hydrogens is 535 g/mol. The molecule has 30 heavy (non-hydrogen) atoms. The molecule has 1 aromatic carbocycles. The van der Waals surface area contributed by atoms with Gasteiger partial charge in [-0.1, -0.05) is 12.1 Å². The highest BCUT2D eigenvalue weighted by Gasteiger charge is 2.34. The lowest BCUT2D eigenvalue weighted by atomic mass is 10.0. The molecule has 1 fully saturated rings. The second-order valence-electron chi connectivity index (χ2n) is 8.31. The van der Waals surface area contributed by atoms with Crippen LogP contribution in [0.25, 0.3) is 10.1 Å². The van der Waals surface area contributed by atoms with Gasteiger partial charge in [-0.3, -0.25) is 0 Å². The minimum absolute atomic E-state index is 0.0934. The second kappa shape index (κ2) is 8.68. The number of rotatable bonds is 3. The predicted molar refractivity (Wildman–Crippen MR) is 119 cm³/mol. The van der Waals surface area contributed by atoms with Crippen LogP contribution < -0.4 is 5.32 Å². The van der Waals surface area contributed by atoms with E-state index in [2.05, 4.69) is 5.32 Å². The average molecular weight is 558 g/mol. The Morgan fingerprint density at radius 2 is 2.03 bits per heavy atom. The number of carbonyl (C=O) groups is 1. The number of thiophene rings is 1. The standard InChI is InChI=1S/C20H23F4IN2O2S/c1-19(2,3)29-18(28)27-8-7-14(13(21)10-27)26-15-6-4-5-11-12(9-20(22,23)24)17(25)30-16(11)15/h4-6,13-14,26H,7-10H2,1-3H3/t13-,14+/m1/s1. The van der Waals surface area contributed by atoms with Gasteiger partial charge in [0, 0.05) is 6.54 Å². The zero-order chi connectivity index (χ0) is 22.3. The first kappa shape index (κ1) is 23.4. The van der Waals surface area contributed by atoms with E-state index in [1.54, 1.807) is 39.0 Å².